The standard InChI is InChI=1S/C18H23N3O2S/c1-12-3-6-16(24-12)18(22)20-8-14(10-23-2)17-15(9-20)19-11-21(17)7-13-4-5-13/h3,6,11,13-14H,4-5,7-10H2,1-2H3/t14-/m0/s1. The number of hydrogen-bond donors (Lipinski definition) is 0. The number of imidazole rings is 1. The van der Waals surface area contributed by atoms with Crippen molar-refractivity contribution in [2.45, 2.75) is 38.8 Å². The molecule has 2 aromatic rings. The lowest BCUT2D eigenvalue weighted by molar-refractivity contribution is 0.0677. The summed E-state index contributed by atoms with van der Waals surface area (Å²) >= 11 is 1.56. The maximum atomic E-state index is 12.8. The Morgan fingerprint density at radius 3 is 2.92 bits per heavy atom. The predicted octanol–water partition coefficient (Wildman–Crippen LogP) is 3.05. The molecule has 2 aromatic heterocycles. The zero-order chi connectivity index (χ0) is 16.7. The molecule has 128 valence electrons. The smallest absolute Gasteiger partial charge is 0.264 e. The second kappa shape index (κ2) is 6.33. The molecule has 6 heteroatoms. The average Bonchev–Trinajstić information content (AvgIpc) is 3.13. The minimum atomic E-state index is 0.108. The number of rotatable bonds is 5. The van der Waals surface area contributed by atoms with Crippen molar-refractivity contribution in [3.05, 3.63) is 39.6 Å². The van der Waals surface area contributed by atoms with E-state index in [0.29, 0.717) is 19.7 Å². The summed E-state index contributed by atoms with van der Waals surface area (Å²) in [6.45, 7) is 5.01. The van der Waals surface area contributed by atoms with Gasteiger partial charge in [-0.3, -0.25) is 4.79 Å². The van der Waals surface area contributed by atoms with Crippen LogP contribution < -0.4 is 0 Å². The highest BCUT2D eigenvalue weighted by molar-refractivity contribution is 7.13. The Kier molecular flexibility index (Phi) is 4.18. The third-order valence-corrected chi connectivity index (χ3v) is 5.87. The molecule has 0 unspecified atom stereocenters. The maximum absolute atomic E-state index is 12.8. The Bertz CT molecular complexity index is 747. The molecule has 1 saturated carbocycles. The molecule has 3 heterocycles. The Hall–Kier alpha value is -1.66. The van der Waals surface area contributed by atoms with Crippen LogP contribution >= 0.6 is 11.3 Å². The van der Waals surface area contributed by atoms with Gasteiger partial charge in [0.25, 0.3) is 5.91 Å². The SMILES string of the molecule is COC[C@@H]1CN(C(=O)c2ccc(C)s2)Cc2ncn(CC3CC3)c21. The lowest BCUT2D eigenvalue weighted by atomic mass is 9.98. The molecule has 4 rings (SSSR count). The van der Waals surface area contributed by atoms with E-state index in [0.717, 1.165) is 23.0 Å². The average molecular weight is 345 g/mol. The summed E-state index contributed by atoms with van der Waals surface area (Å²) in [5, 5.41) is 0. The van der Waals surface area contributed by atoms with Gasteiger partial charge in [-0.2, -0.15) is 0 Å². The van der Waals surface area contributed by atoms with Gasteiger partial charge in [0.15, 0.2) is 0 Å². The molecule has 1 atom stereocenters. The van der Waals surface area contributed by atoms with Crippen LogP contribution in [0.4, 0.5) is 0 Å². The van der Waals surface area contributed by atoms with Crippen LogP contribution in [0.3, 0.4) is 0 Å². The first kappa shape index (κ1) is 15.8. The molecule has 0 saturated heterocycles. The number of aromatic nitrogens is 2. The molecule has 0 N–H and O–H groups in total. The number of nitrogens with zero attached hydrogens (tertiary/aromatic N) is 3. The number of thiophene rings is 1. The van der Waals surface area contributed by atoms with Crippen LogP contribution in [-0.4, -0.2) is 40.6 Å². The lowest BCUT2D eigenvalue weighted by Gasteiger charge is -2.32. The van der Waals surface area contributed by atoms with Crippen LogP contribution in [0.15, 0.2) is 18.5 Å². The van der Waals surface area contributed by atoms with E-state index >= 15 is 0 Å². The number of carbonyl (C=O) groups is 1. The molecule has 0 bridgehead atoms. The normalized spacial score (nSPS) is 20.2. The van der Waals surface area contributed by atoms with Gasteiger partial charge in [0, 0.05) is 36.7 Å². The molecule has 0 aromatic carbocycles. The predicted molar refractivity (Wildman–Crippen MR) is 93.4 cm³/mol. The Morgan fingerprint density at radius 2 is 2.25 bits per heavy atom. The Balaban J connectivity index is 1.59. The van der Waals surface area contributed by atoms with E-state index in [9.17, 15) is 4.79 Å². The molecular weight excluding hydrogens is 322 g/mol. The number of methoxy groups -OCH3 is 1. The van der Waals surface area contributed by atoms with Gasteiger partial charge in [-0.05, 0) is 37.8 Å². The topological polar surface area (TPSA) is 47.4 Å². The van der Waals surface area contributed by atoms with Crippen LogP contribution in [0.5, 0.6) is 0 Å². The van der Waals surface area contributed by atoms with Crippen molar-refractivity contribution in [2.75, 3.05) is 20.3 Å². The molecule has 0 spiro atoms. The number of carbonyl (C=O) groups excluding carboxylic acids is 1. The van der Waals surface area contributed by atoms with Crippen molar-refractivity contribution in [3.8, 4) is 0 Å². The highest BCUT2D eigenvalue weighted by Crippen LogP contribution is 2.35. The molecule has 1 amide bonds. The second-order valence-electron chi connectivity index (χ2n) is 6.92. The zero-order valence-corrected chi connectivity index (χ0v) is 15.0. The number of amides is 1. The van der Waals surface area contributed by atoms with Crippen molar-refractivity contribution in [1.82, 2.24) is 14.5 Å². The van der Waals surface area contributed by atoms with E-state index in [4.69, 9.17) is 4.74 Å². The zero-order valence-electron chi connectivity index (χ0n) is 14.2. The summed E-state index contributed by atoms with van der Waals surface area (Å²) in [6.07, 6.45) is 4.60. The molecule has 0 radical (unpaired) electrons. The van der Waals surface area contributed by atoms with Crippen LogP contribution in [0.2, 0.25) is 0 Å². The third-order valence-electron chi connectivity index (χ3n) is 4.88. The molecule has 5 nitrogen and oxygen atoms in total. The van der Waals surface area contributed by atoms with Gasteiger partial charge in [-0.15, -0.1) is 11.3 Å². The van der Waals surface area contributed by atoms with Gasteiger partial charge in [0.1, 0.15) is 0 Å². The largest absolute Gasteiger partial charge is 0.384 e. The molecule has 1 aliphatic heterocycles. The fourth-order valence-electron chi connectivity index (χ4n) is 3.54. The summed E-state index contributed by atoms with van der Waals surface area (Å²) in [5.74, 6) is 1.11. The summed E-state index contributed by atoms with van der Waals surface area (Å²) in [6, 6.07) is 3.93. The van der Waals surface area contributed by atoms with E-state index < -0.39 is 0 Å². The van der Waals surface area contributed by atoms with E-state index in [-0.39, 0.29) is 11.8 Å². The van der Waals surface area contributed by atoms with Gasteiger partial charge >= 0.3 is 0 Å². The van der Waals surface area contributed by atoms with Gasteiger partial charge in [-0.1, -0.05) is 0 Å². The van der Waals surface area contributed by atoms with Crippen molar-refractivity contribution in [2.24, 2.45) is 5.92 Å². The lowest BCUT2D eigenvalue weighted by Crippen LogP contribution is -2.40. The maximum Gasteiger partial charge on any atom is 0.264 e. The molecule has 24 heavy (non-hydrogen) atoms. The summed E-state index contributed by atoms with van der Waals surface area (Å²) in [7, 11) is 1.73. The van der Waals surface area contributed by atoms with Crippen molar-refractivity contribution < 1.29 is 9.53 Å². The fraction of sp³-hybridized carbons (Fsp3) is 0.556. The van der Waals surface area contributed by atoms with E-state index in [2.05, 4.69) is 9.55 Å². The number of ether oxygens (including phenoxy) is 1. The number of fused-ring (bicyclic) bond motifs is 1. The summed E-state index contributed by atoms with van der Waals surface area (Å²) in [4.78, 5) is 21.3. The minimum absolute atomic E-state index is 0.108. The van der Waals surface area contributed by atoms with E-state index in [1.165, 1.54) is 23.4 Å². The quantitative estimate of drug-likeness (QED) is 0.837. The second-order valence-corrected chi connectivity index (χ2v) is 8.21. The van der Waals surface area contributed by atoms with Gasteiger partial charge in [-0.25, -0.2) is 4.98 Å². The van der Waals surface area contributed by atoms with E-state index in [1.54, 1.807) is 18.4 Å². The van der Waals surface area contributed by atoms with Crippen molar-refractivity contribution in [3.63, 3.8) is 0 Å². The highest BCUT2D eigenvalue weighted by atomic mass is 32.1. The highest BCUT2D eigenvalue weighted by Gasteiger charge is 2.34. The fourth-order valence-corrected chi connectivity index (χ4v) is 4.38. The molecular formula is C18H23N3O2S. The molecule has 1 fully saturated rings. The van der Waals surface area contributed by atoms with Crippen LogP contribution in [0.1, 0.15) is 44.7 Å². The van der Waals surface area contributed by atoms with Gasteiger partial charge < -0.3 is 14.2 Å². The van der Waals surface area contributed by atoms with Gasteiger partial charge in [0.2, 0.25) is 0 Å². The first-order chi connectivity index (χ1) is 11.7. The van der Waals surface area contributed by atoms with Crippen molar-refractivity contribution >= 4 is 17.2 Å². The first-order valence-corrected chi connectivity index (χ1v) is 9.36. The van der Waals surface area contributed by atoms with Crippen LogP contribution in [0.25, 0.3) is 0 Å². The van der Waals surface area contributed by atoms with Gasteiger partial charge in [0.05, 0.1) is 30.1 Å². The first-order valence-electron chi connectivity index (χ1n) is 8.54. The van der Waals surface area contributed by atoms with Crippen LogP contribution in [-0.2, 0) is 17.8 Å². The monoisotopic (exact) mass is 345 g/mol. The molecule has 2 aliphatic rings. The Morgan fingerprint density at radius 1 is 1.42 bits per heavy atom. The summed E-state index contributed by atoms with van der Waals surface area (Å²) < 4.78 is 7.74. The minimum Gasteiger partial charge on any atom is -0.384 e. The van der Waals surface area contributed by atoms with E-state index in [1.807, 2.05) is 30.3 Å². The van der Waals surface area contributed by atoms with Crippen LogP contribution in [0, 0.1) is 12.8 Å². The third kappa shape index (κ3) is 3.00. The number of hydrogen-bond acceptors (Lipinski definition) is 4. The Labute approximate surface area is 146 Å². The molecule has 1 aliphatic carbocycles. The van der Waals surface area contributed by atoms with Crippen molar-refractivity contribution in [1.29, 1.82) is 0 Å². The number of aryl methyl sites for hydroxylation is 1. The summed E-state index contributed by atoms with van der Waals surface area (Å²) in [5.41, 5.74) is 2.31.